The summed E-state index contributed by atoms with van der Waals surface area (Å²) in [6.45, 7) is 4.58. The van der Waals surface area contributed by atoms with Gasteiger partial charge in [0.25, 0.3) is 0 Å². The fraction of sp³-hybridized carbons (Fsp3) is 0.533. The zero-order chi connectivity index (χ0) is 13.4. The molecule has 0 saturated heterocycles. The zero-order valence-corrected chi connectivity index (χ0v) is 11.4. The van der Waals surface area contributed by atoms with Gasteiger partial charge in [0, 0.05) is 18.5 Å². The lowest BCUT2D eigenvalue weighted by Crippen LogP contribution is -2.29. The molecule has 0 aromatic heterocycles. The predicted octanol–water partition coefficient (Wildman–Crippen LogP) is 2.46. The minimum Gasteiger partial charge on any atom is -0.352 e. The Morgan fingerprint density at radius 1 is 1.22 bits per heavy atom. The third-order valence-corrected chi connectivity index (χ3v) is 3.05. The largest absolute Gasteiger partial charge is 0.352 e. The van der Waals surface area contributed by atoms with E-state index in [2.05, 4.69) is 5.32 Å². The van der Waals surface area contributed by atoms with Crippen molar-refractivity contribution in [2.24, 2.45) is 11.7 Å². The Balaban J connectivity index is 2.23. The van der Waals surface area contributed by atoms with E-state index in [4.69, 9.17) is 5.73 Å². The molecule has 2 atom stereocenters. The number of hydrogen-bond donors (Lipinski definition) is 2. The molecule has 0 bridgehead atoms. The summed E-state index contributed by atoms with van der Waals surface area (Å²) in [5, 5.41) is 2.97. The third-order valence-electron chi connectivity index (χ3n) is 3.05. The maximum Gasteiger partial charge on any atom is 0.223 e. The maximum absolute atomic E-state index is 11.8. The van der Waals surface area contributed by atoms with Crippen molar-refractivity contribution in [3.05, 3.63) is 35.9 Å². The molecule has 3 N–H and O–H groups in total. The highest BCUT2D eigenvalue weighted by Crippen LogP contribution is 2.09. The van der Waals surface area contributed by atoms with Gasteiger partial charge in [-0.05, 0) is 25.3 Å². The molecule has 2 unspecified atom stereocenters. The van der Waals surface area contributed by atoms with Crippen molar-refractivity contribution in [2.45, 2.75) is 45.7 Å². The van der Waals surface area contributed by atoms with Crippen molar-refractivity contribution in [1.29, 1.82) is 0 Å². The van der Waals surface area contributed by atoms with Gasteiger partial charge in [-0.15, -0.1) is 0 Å². The Hall–Kier alpha value is -1.35. The van der Waals surface area contributed by atoms with Crippen LogP contribution in [0.2, 0.25) is 0 Å². The molecule has 3 nitrogen and oxygen atoms in total. The third kappa shape index (κ3) is 5.82. The second-order valence-electron chi connectivity index (χ2n) is 5.01. The molecule has 0 fully saturated rings. The summed E-state index contributed by atoms with van der Waals surface area (Å²) < 4.78 is 0. The van der Waals surface area contributed by atoms with Crippen LogP contribution in [0.4, 0.5) is 0 Å². The Bertz CT molecular complexity index is 349. The van der Waals surface area contributed by atoms with E-state index in [0.717, 1.165) is 24.8 Å². The van der Waals surface area contributed by atoms with Crippen LogP contribution in [0.15, 0.2) is 30.3 Å². The van der Waals surface area contributed by atoms with Crippen LogP contribution >= 0.6 is 0 Å². The molecule has 1 amide bonds. The van der Waals surface area contributed by atoms with E-state index >= 15 is 0 Å². The van der Waals surface area contributed by atoms with Crippen LogP contribution in [0.3, 0.4) is 0 Å². The molecule has 0 radical (unpaired) electrons. The molecule has 3 heteroatoms. The van der Waals surface area contributed by atoms with Crippen molar-refractivity contribution in [2.75, 3.05) is 0 Å². The second-order valence-corrected chi connectivity index (χ2v) is 5.01. The van der Waals surface area contributed by atoms with Crippen LogP contribution in [0.1, 0.15) is 38.7 Å². The average molecular weight is 248 g/mol. The molecule has 0 saturated carbocycles. The molecule has 1 aromatic carbocycles. The van der Waals surface area contributed by atoms with Gasteiger partial charge in [0.15, 0.2) is 0 Å². The van der Waals surface area contributed by atoms with Crippen LogP contribution in [-0.2, 0) is 11.3 Å². The Morgan fingerprint density at radius 3 is 2.50 bits per heavy atom. The summed E-state index contributed by atoms with van der Waals surface area (Å²) >= 11 is 0. The summed E-state index contributed by atoms with van der Waals surface area (Å²) in [5.41, 5.74) is 6.82. The number of hydrogen-bond acceptors (Lipinski definition) is 2. The number of benzene rings is 1. The van der Waals surface area contributed by atoms with Crippen LogP contribution in [0.5, 0.6) is 0 Å². The average Bonchev–Trinajstić information content (AvgIpc) is 2.36. The minimum atomic E-state index is 0.0625. The summed E-state index contributed by atoms with van der Waals surface area (Å²) in [7, 11) is 0. The van der Waals surface area contributed by atoms with Crippen molar-refractivity contribution in [3.8, 4) is 0 Å². The number of carbonyl (C=O) groups is 1. The van der Waals surface area contributed by atoms with Gasteiger partial charge in [0.05, 0.1) is 0 Å². The topological polar surface area (TPSA) is 55.1 Å². The Morgan fingerprint density at radius 2 is 1.89 bits per heavy atom. The van der Waals surface area contributed by atoms with Crippen molar-refractivity contribution >= 4 is 5.91 Å². The Kier molecular flexibility index (Phi) is 6.44. The molecule has 0 aliphatic heterocycles. The fourth-order valence-electron chi connectivity index (χ4n) is 1.84. The summed E-state index contributed by atoms with van der Waals surface area (Å²) in [6, 6.07) is 10.2. The van der Waals surface area contributed by atoms with Crippen LogP contribution < -0.4 is 11.1 Å². The van der Waals surface area contributed by atoms with Gasteiger partial charge < -0.3 is 11.1 Å². The molecule has 0 spiro atoms. The molecule has 0 aliphatic carbocycles. The lowest BCUT2D eigenvalue weighted by Gasteiger charge is -2.13. The molecule has 100 valence electrons. The van der Waals surface area contributed by atoms with Crippen LogP contribution in [0.25, 0.3) is 0 Å². The quantitative estimate of drug-likeness (QED) is 0.778. The molecule has 0 aliphatic rings. The van der Waals surface area contributed by atoms with Gasteiger partial charge in [-0.3, -0.25) is 4.79 Å². The normalized spacial score (nSPS) is 13.9. The molecule has 18 heavy (non-hydrogen) atoms. The number of carbonyl (C=O) groups excluding carboxylic acids is 1. The molecular weight excluding hydrogens is 224 g/mol. The van der Waals surface area contributed by atoms with Crippen molar-refractivity contribution in [3.63, 3.8) is 0 Å². The van der Waals surface area contributed by atoms with Crippen molar-refractivity contribution in [1.82, 2.24) is 5.32 Å². The van der Waals surface area contributed by atoms with E-state index in [0.29, 0.717) is 6.54 Å². The SMILES string of the molecule is CC(N)CCCC(C)C(=O)NCc1ccccc1. The van der Waals surface area contributed by atoms with E-state index in [1.54, 1.807) is 0 Å². The highest BCUT2D eigenvalue weighted by Gasteiger charge is 2.12. The molecule has 1 rings (SSSR count). The highest BCUT2D eigenvalue weighted by molar-refractivity contribution is 5.78. The van der Waals surface area contributed by atoms with Gasteiger partial charge in [0.1, 0.15) is 0 Å². The van der Waals surface area contributed by atoms with Crippen LogP contribution in [0, 0.1) is 5.92 Å². The van der Waals surface area contributed by atoms with Gasteiger partial charge in [-0.25, -0.2) is 0 Å². The van der Waals surface area contributed by atoms with Gasteiger partial charge in [0.2, 0.25) is 5.91 Å². The minimum absolute atomic E-state index is 0.0625. The van der Waals surface area contributed by atoms with E-state index in [1.165, 1.54) is 0 Å². The van der Waals surface area contributed by atoms with E-state index in [1.807, 2.05) is 44.2 Å². The molecule has 1 aromatic rings. The lowest BCUT2D eigenvalue weighted by molar-refractivity contribution is -0.124. The number of nitrogens with one attached hydrogen (secondary N) is 1. The van der Waals surface area contributed by atoms with E-state index in [9.17, 15) is 4.79 Å². The van der Waals surface area contributed by atoms with Gasteiger partial charge in [-0.1, -0.05) is 43.7 Å². The summed E-state index contributed by atoms with van der Waals surface area (Å²) in [6.07, 6.45) is 2.90. The smallest absolute Gasteiger partial charge is 0.223 e. The number of rotatable bonds is 7. The standard InChI is InChI=1S/C15H24N2O/c1-12(7-6-8-13(2)16)15(18)17-11-14-9-4-3-5-10-14/h3-5,9-10,12-13H,6-8,11,16H2,1-2H3,(H,17,18). The first-order chi connectivity index (χ1) is 8.59. The van der Waals surface area contributed by atoms with E-state index < -0.39 is 0 Å². The fourth-order valence-corrected chi connectivity index (χ4v) is 1.84. The lowest BCUT2D eigenvalue weighted by atomic mass is 10.0. The molecular formula is C15H24N2O. The zero-order valence-electron chi connectivity index (χ0n) is 11.4. The van der Waals surface area contributed by atoms with Crippen molar-refractivity contribution < 1.29 is 4.79 Å². The first-order valence-electron chi connectivity index (χ1n) is 6.67. The van der Waals surface area contributed by atoms with E-state index in [-0.39, 0.29) is 17.9 Å². The first-order valence-corrected chi connectivity index (χ1v) is 6.67. The monoisotopic (exact) mass is 248 g/mol. The molecule has 0 heterocycles. The highest BCUT2D eigenvalue weighted by atomic mass is 16.1. The summed E-state index contributed by atoms with van der Waals surface area (Å²) in [5.74, 6) is 0.191. The van der Waals surface area contributed by atoms with Gasteiger partial charge >= 0.3 is 0 Å². The van der Waals surface area contributed by atoms with Crippen LogP contribution in [-0.4, -0.2) is 11.9 Å². The maximum atomic E-state index is 11.8. The first kappa shape index (κ1) is 14.7. The number of amides is 1. The second kappa shape index (κ2) is 7.88. The van der Waals surface area contributed by atoms with Gasteiger partial charge in [-0.2, -0.15) is 0 Å². The predicted molar refractivity (Wildman–Crippen MR) is 75.0 cm³/mol. The summed E-state index contributed by atoms with van der Waals surface area (Å²) in [4.78, 5) is 11.8. The Labute approximate surface area is 110 Å². The number of nitrogens with two attached hydrogens (primary N) is 1.